The van der Waals surface area contributed by atoms with Gasteiger partial charge in [0.25, 0.3) is 0 Å². The highest BCUT2D eigenvalue weighted by molar-refractivity contribution is 7.10. The van der Waals surface area contributed by atoms with Gasteiger partial charge in [-0.3, -0.25) is 0 Å². The van der Waals surface area contributed by atoms with Crippen molar-refractivity contribution in [1.82, 2.24) is 10.9 Å². The third-order valence-corrected chi connectivity index (χ3v) is 4.46. The Bertz CT molecular complexity index is 607. The first-order valence-corrected chi connectivity index (χ1v) is 7.58. The smallest absolute Gasteiger partial charge is 0.0858 e. The van der Waals surface area contributed by atoms with Crippen LogP contribution in [0.1, 0.15) is 16.5 Å². The molecule has 2 heterocycles. The highest BCUT2D eigenvalue weighted by atomic mass is 35.5. The van der Waals surface area contributed by atoms with E-state index in [2.05, 4.69) is 28.4 Å². The summed E-state index contributed by atoms with van der Waals surface area (Å²) in [6.07, 6.45) is 0. The number of hydrazine groups is 1. The number of thiophene rings is 1. The maximum Gasteiger partial charge on any atom is 0.0858 e. The third-order valence-electron chi connectivity index (χ3n) is 3.27. The van der Waals surface area contributed by atoms with Crippen molar-refractivity contribution in [2.24, 2.45) is 0 Å². The van der Waals surface area contributed by atoms with Crippen molar-refractivity contribution in [2.75, 3.05) is 13.7 Å². The lowest BCUT2D eigenvalue weighted by atomic mass is 10.0. The van der Waals surface area contributed by atoms with E-state index in [0.29, 0.717) is 6.61 Å². The van der Waals surface area contributed by atoms with Gasteiger partial charge in [-0.25, -0.2) is 5.43 Å². The third kappa shape index (κ3) is 2.60. The van der Waals surface area contributed by atoms with Crippen LogP contribution in [0.2, 0.25) is 5.02 Å². The van der Waals surface area contributed by atoms with E-state index in [0.717, 1.165) is 16.3 Å². The van der Waals surface area contributed by atoms with E-state index >= 15 is 0 Å². The Labute approximate surface area is 127 Å². The van der Waals surface area contributed by atoms with Gasteiger partial charge in [0, 0.05) is 22.6 Å². The SMILES string of the molecule is COCC1=C(c2ccc(Cl)cc2)NNC1c1cccs1. The van der Waals surface area contributed by atoms with E-state index in [9.17, 15) is 0 Å². The maximum atomic E-state index is 5.95. The summed E-state index contributed by atoms with van der Waals surface area (Å²) < 4.78 is 5.37. The van der Waals surface area contributed by atoms with E-state index in [1.807, 2.05) is 24.3 Å². The molecule has 1 aliphatic rings. The molecular weight excluding hydrogens is 292 g/mol. The molecule has 0 fully saturated rings. The first kappa shape index (κ1) is 13.6. The van der Waals surface area contributed by atoms with E-state index in [1.165, 1.54) is 10.5 Å². The summed E-state index contributed by atoms with van der Waals surface area (Å²) in [5, 5.41) is 2.82. The van der Waals surface area contributed by atoms with Gasteiger partial charge in [0.15, 0.2) is 0 Å². The molecule has 1 atom stereocenters. The predicted molar refractivity (Wildman–Crippen MR) is 83.6 cm³/mol. The standard InChI is InChI=1S/C15H15ClN2OS/c1-19-9-12-14(10-4-6-11(16)7-5-10)17-18-15(12)13-3-2-8-20-13/h2-8,15,17-18H,9H2,1H3. The van der Waals surface area contributed by atoms with Crippen LogP contribution in [-0.2, 0) is 4.74 Å². The minimum Gasteiger partial charge on any atom is -0.380 e. The zero-order valence-corrected chi connectivity index (χ0v) is 12.6. The van der Waals surface area contributed by atoms with Crippen LogP contribution < -0.4 is 10.9 Å². The Kier molecular flexibility index (Phi) is 4.08. The lowest BCUT2D eigenvalue weighted by Gasteiger charge is -2.12. The van der Waals surface area contributed by atoms with Gasteiger partial charge in [-0.15, -0.1) is 11.3 Å². The number of methoxy groups -OCH3 is 1. The number of hydrogen-bond acceptors (Lipinski definition) is 4. The highest BCUT2D eigenvalue weighted by Gasteiger charge is 2.27. The summed E-state index contributed by atoms with van der Waals surface area (Å²) in [4.78, 5) is 1.27. The van der Waals surface area contributed by atoms with Gasteiger partial charge in [-0.2, -0.15) is 0 Å². The number of rotatable bonds is 4. The molecule has 5 heteroatoms. The molecule has 0 saturated heterocycles. The molecular formula is C15H15ClN2OS. The van der Waals surface area contributed by atoms with E-state index in [-0.39, 0.29) is 6.04 Å². The molecule has 0 amide bonds. The molecule has 3 rings (SSSR count). The number of halogens is 1. The zero-order chi connectivity index (χ0) is 13.9. The Morgan fingerprint density at radius 3 is 2.70 bits per heavy atom. The first-order valence-electron chi connectivity index (χ1n) is 6.32. The maximum absolute atomic E-state index is 5.95. The average Bonchev–Trinajstić information content (AvgIpc) is 3.09. The Hall–Kier alpha value is -1.33. The number of hydrogen-bond donors (Lipinski definition) is 2. The molecule has 104 valence electrons. The Balaban J connectivity index is 1.99. The second kappa shape index (κ2) is 5.97. The van der Waals surface area contributed by atoms with E-state index in [1.54, 1.807) is 18.4 Å². The van der Waals surface area contributed by atoms with Crippen LogP contribution in [0.3, 0.4) is 0 Å². The van der Waals surface area contributed by atoms with Gasteiger partial charge in [-0.05, 0) is 29.1 Å². The largest absolute Gasteiger partial charge is 0.380 e. The van der Waals surface area contributed by atoms with Crippen molar-refractivity contribution in [3.8, 4) is 0 Å². The van der Waals surface area contributed by atoms with Gasteiger partial charge in [0.2, 0.25) is 0 Å². The van der Waals surface area contributed by atoms with Crippen LogP contribution >= 0.6 is 22.9 Å². The topological polar surface area (TPSA) is 33.3 Å². The molecule has 1 aliphatic heterocycles. The highest BCUT2D eigenvalue weighted by Crippen LogP contribution is 2.34. The van der Waals surface area contributed by atoms with Crippen molar-refractivity contribution in [1.29, 1.82) is 0 Å². The molecule has 0 saturated carbocycles. The molecule has 2 N–H and O–H groups in total. The second-order valence-corrected chi connectivity index (χ2v) is 5.97. The molecule has 20 heavy (non-hydrogen) atoms. The van der Waals surface area contributed by atoms with Crippen LogP contribution in [-0.4, -0.2) is 13.7 Å². The molecule has 3 nitrogen and oxygen atoms in total. The average molecular weight is 307 g/mol. The van der Waals surface area contributed by atoms with Gasteiger partial charge in [-0.1, -0.05) is 29.8 Å². The predicted octanol–water partition coefficient (Wildman–Crippen LogP) is 3.61. The lowest BCUT2D eigenvalue weighted by Crippen LogP contribution is -2.26. The number of nitrogens with one attached hydrogen (secondary N) is 2. The summed E-state index contributed by atoms with van der Waals surface area (Å²) in [5.74, 6) is 0. The fraction of sp³-hybridized carbons (Fsp3) is 0.200. The van der Waals surface area contributed by atoms with Crippen molar-refractivity contribution >= 4 is 28.6 Å². The molecule has 0 aliphatic carbocycles. The summed E-state index contributed by atoms with van der Waals surface area (Å²) in [7, 11) is 1.72. The second-order valence-electron chi connectivity index (χ2n) is 4.56. The molecule has 2 aromatic rings. The fourth-order valence-corrected chi connectivity index (χ4v) is 3.27. The number of ether oxygens (including phenoxy) is 1. The zero-order valence-electron chi connectivity index (χ0n) is 11.0. The minimum atomic E-state index is 0.153. The van der Waals surface area contributed by atoms with Crippen molar-refractivity contribution < 1.29 is 4.74 Å². The fourth-order valence-electron chi connectivity index (χ4n) is 2.34. The van der Waals surface area contributed by atoms with Crippen molar-refractivity contribution in [2.45, 2.75) is 6.04 Å². The molecule has 0 spiro atoms. The lowest BCUT2D eigenvalue weighted by molar-refractivity contribution is 0.221. The summed E-state index contributed by atoms with van der Waals surface area (Å²) in [6.45, 7) is 0.584. The summed E-state index contributed by atoms with van der Waals surface area (Å²) in [6, 6.07) is 12.2. The normalized spacial score (nSPS) is 18.4. The van der Waals surface area contributed by atoms with Gasteiger partial charge in [0.1, 0.15) is 0 Å². The van der Waals surface area contributed by atoms with Gasteiger partial charge < -0.3 is 10.2 Å². The molecule has 1 aromatic heterocycles. The van der Waals surface area contributed by atoms with Crippen molar-refractivity contribution in [3.63, 3.8) is 0 Å². The molecule has 0 bridgehead atoms. The molecule has 1 unspecified atom stereocenters. The van der Waals surface area contributed by atoms with E-state index < -0.39 is 0 Å². The first-order chi connectivity index (χ1) is 9.79. The quantitative estimate of drug-likeness (QED) is 0.905. The number of benzene rings is 1. The molecule has 0 radical (unpaired) electrons. The Morgan fingerprint density at radius 1 is 1.25 bits per heavy atom. The van der Waals surface area contributed by atoms with Crippen LogP contribution in [0, 0.1) is 0 Å². The summed E-state index contributed by atoms with van der Waals surface area (Å²) >= 11 is 7.69. The van der Waals surface area contributed by atoms with Crippen molar-refractivity contribution in [3.05, 3.63) is 62.8 Å². The van der Waals surface area contributed by atoms with E-state index in [4.69, 9.17) is 16.3 Å². The van der Waals surface area contributed by atoms with Crippen LogP contribution in [0.15, 0.2) is 47.4 Å². The van der Waals surface area contributed by atoms with Gasteiger partial charge >= 0.3 is 0 Å². The monoisotopic (exact) mass is 306 g/mol. The van der Waals surface area contributed by atoms with Crippen LogP contribution in [0.5, 0.6) is 0 Å². The Morgan fingerprint density at radius 2 is 2.05 bits per heavy atom. The van der Waals surface area contributed by atoms with Crippen LogP contribution in [0.4, 0.5) is 0 Å². The molecule has 1 aromatic carbocycles. The van der Waals surface area contributed by atoms with Gasteiger partial charge in [0.05, 0.1) is 18.3 Å². The summed E-state index contributed by atoms with van der Waals surface area (Å²) in [5.41, 5.74) is 9.99. The van der Waals surface area contributed by atoms with Crippen LogP contribution in [0.25, 0.3) is 5.70 Å². The minimum absolute atomic E-state index is 0.153.